The molecule has 1 unspecified atom stereocenters. The van der Waals surface area contributed by atoms with E-state index in [2.05, 4.69) is 10.6 Å². The van der Waals surface area contributed by atoms with Gasteiger partial charge in [0, 0.05) is 13.1 Å². The molecule has 21 heavy (non-hydrogen) atoms. The molecule has 0 fully saturated rings. The highest BCUT2D eigenvalue weighted by atomic mass is 19.1. The molecule has 0 saturated carbocycles. The summed E-state index contributed by atoms with van der Waals surface area (Å²) in [5, 5.41) is 14.4. The molecule has 0 heterocycles. The van der Waals surface area contributed by atoms with Crippen LogP contribution in [0.3, 0.4) is 0 Å². The standard InChI is InChI=1S/C15H21FN2O3/c1-10(2)7-13(19)9-18-15(21)14(20)17-8-11-3-5-12(16)6-4-11/h3-6,10,13,19H,7-9H2,1-2H3,(H,17,20)(H,18,21). The van der Waals surface area contributed by atoms with E-state index in [0.717, 1.165) is 0 Å². The van der Waals surface area contributed by atoms with Crippen LogP contribution >= 0.6 is 0 Å². The molecular weight excluding hydrogens is 275 g/mol. The molecule has 0 saturated heterocycles. The smallest absolute Gasteiger partial charge is 0.309 e. The summed E-state index contributed by atoms with van der Waals surface area (Å²) < 4.78 is 12.7. The predicted molar refractivity (Wildman–Crippen MR) is 76.7 cm³/mol. The summed E-state index contributed by atoms with van der Waals surface area (Å²) >= 11 is 0. The van der Waals surface area contributed by atoms with E-state index in [-0.39, 0.29) is 18.9 Å². The summed E-state index contributed by atoms with van der Waals surface area (Å²) in [6.07, 6.45) is -0.115. The van der Waals surface area contributed by atoms with E-state index >= 15 is 0 Å². The molecular formula is C15H21FN2O3. The summed E-state index contributed by atoms with van der Waals surface area (Å²) in [5.74, 6) is -1.62. The maximum Gasteiger partial charge on any atom is 0.309 e. The van der Waals surface area contributed by atoms with Gasteiger partial charge in [-0.2, -0.15) is 0 Å². The van der Waals surface area contributed by atoms with Gasteiger partial charge < -0.3 is 15.7 Å². The Labute approximate surface area is 123 Å². The first-order chi connectivity index (χ1) is 9.88. The monoisotopic (exact) mass is 296 g/mol. The lowest BCUT2D eigenvalue weighted by Crippen LogP contribution is -2.42. The van der Waals surface area contributed by atoms with Gasteiger partial charge in [0.1, 0.15) is 5.82 Å². The average Bonchev–Trinajstić information content (AvgIpc) is 2.43. The van der Waals surface area contributed by atoms with Crippen molar-refractivity contribution in [1.29, 1.82) is 0 Å². The Kier molecular flexibility index (Phi) is 6.81. The SMILES string of the molecule is CC(C)CC(O)CNC(=O)C(=O)NCc1ccc(F)cc1. The molecule has 1 aromatic rings. The number of halogens is 1. The van der Waals surface area contributed by atoms with E-state index in [9.17, 15) is 19.1 Å². The zero-order valence-electron chi connectivity index (χ0n) is 12.2. The minimum Gasteiger partial charge on any atom is -0.391 e. The molecule has 5 nitrogen and oxygen atoms in total. The highest BCUT2D eigenvalue weighted by molar-refractivity contribution is 6.35. The second-order valence-electron chi connectivity index (χ2n) is 5.30. The van der Waals surface area contributed by atoms with Crippen LogP contribution in [0.2, 0.25) is 0 Å². The number of hydrogen-bond acceptors (Lipinski definition) is 3. The van der Waals surface area contributed by atoms with Gasteiger partial charge in [0.15, 0.2) is 0 Å². The molecule has 116 valence electrons. The molecule has 3 N–H and O–H groups in total. The quantitative estimate of drug-likeness (QED) is 0.684. The first-order valence-corrected chi connectivity index (χ1v) is 6.87. The molecule has 0 aliphatic rings. The molecule has 0 bridgehead atoms. The van der Waals surface area contributed by atoms with Crippen molar-refractivity contribution in [1.82, 2.24) is 10.6 Å². The fourth-order valence-corrected chi connectivity index (χ4v) is 1.78. The Morgan fingerprint density at radius 1 is 1.14 bits per heavy atom. The van der Waals surface area contributed by atoms with Gasteiger partial charge in [-0.15, -0.1) is 0 Å². The third-order valence-corrected chi connectivity index (χ3v) is 2.81. The van der Waals surface area contributed by atoms with Crippen LogP contribution in [0.15, 0.2) is 24.3 Å². The van der Waals surface area contributed by atoms with Crippen LogP contribution in [0.5, 0.6) is 0 Å². The fourth-order valence-electron chi connectivity index (χ4n) is 1.78. The van der Waals surface area contributed by atoms with Crippen LogP contribution in [0.4, 0.5) is 4.39 Å². The van der Waals surface area contributed by atoms with Crippen molar-refractivity contribution in [3.63, 3.8) is 0 Å². The first-order valence-electron chi connectivity index (χ1n) is 6.87. The molecule has 6 heteroatoms. The van der Waals surface area contributed by atoms with Crippen LogP contribution < -0.4 is 10.6 Å². The molecule has 0 aliphatic heterocycles. The van der Waals surface area contributed by atoms with Crippen LogP contribution in [-0.2, 0) is 16.1 Å². The van der Waals surface area contributed by atoms with Gasteiger partial charge in [-0.25, -0.2) is 4.39 Å². The highest BCUT2D eigenvalue weighted by Crippen LogP contribution is 2.03. The Hall–Kier alpha value is -1.95. The van der Waals surface area contributed by atoms with Gasteiger partial charge in [-0.3, -0.25) is 9.59 Å². The van der Waals surface area contributed by atoms with Gasteiger partial charge in [0.25, 0.3) is 0 Å². The number of aliphatic hydroxyl groups excluding tert-OH is 1. The van der Waals surface area contributed by atoms with E-state index < -0.39 is 17.9 Å². The van der Waals surface area contributed by atoms with E-state index in [0.29, 0.717) is 17.9 Å². The lowest BCUT2D eigenvalue weighted by atomic mass is 10.1. The largest absolute Gasteiger partial charge is 0.391 e. The molecule has 0 radical (unpaired) electrons. The van der Waals surface area contributed by atoms with E-state index in [1.54, 1.807) is 0 Å². The number of nitrogens with one attached hydrogen (secondary N) is 2. The Balaban J connectivity index is 2.31. The summed E-state index contributed by atoms with van der Waals surface area (Å²) in [7, 11) is 0. The molecule has 0 aliphatic carbocycles. The number of carbonyl (C=O) groups excluding carboxylic acids is 2. The van der Waals surface area contributed by atoms with Gasteiger partial charge >= 0.3 is 11.8 Å². The summed E-state index contributed by atoms with van der Waals surface area (Å²) in [6, 6.07) is 5.62. The summed E-state index contributed by atoms with van der Waals surface area (Å²) in [4.78, 5) is 23.1. The molecule has 2 amide bonds. The zero-order valence-corrected chi connectivity index (χ0v) is 12.2. The first kappa shape index (κ1) is 17.1. The number of hydrogen-bond donors (Lipinski definition) is 3. The van der Waals surface area contributed by atoms with Crippen molar-refractivity contribution in [2.75, 3.05) is 6.54 Å². The van der Waals surface area contributed by atoms with E-state index in [1.807, 2.05) is 13.8 Å². The Morgan fingerprint density at radius 3 is 2.29 bits per heavy atom. The predicted octanol–water partition coefficient (Wildman–Crippen LogP) is 0.965. The lowest BCUT2D eigenvalue weighted by molar-refractivity contribution is -0.139. The van der Waals surface area contributed by atoms with E-state index in [4.69, 9.17) is 0 Å². The fraction of sp³-hybridized carbons (Fsp3) is 0.467. The van der Waals surface area contributed by atoms with Crippen molar-refractivity contribution < 1.29 is 19.1 Å². The van der Waals surface area contributed by atoms with Crippen molar-refractivity contribution in [2.24, 2.45) is 5.92 Å². The Bertz CT molecular complexity index is 474. The second kappa shape index (κ2) is 8.36. The molecule has 0 aromatic heterocycles. The zero-order chi connectivity index (χ0) is 15.8. The van der Waals surface area contributed by atoms with Gasteiger partial charge in [0.2, 0.25) is 0 Å². The van der Waals surface area contributed by atoms with Crippen LogP contribution in [0.25, 0.3) is 0 Å². The van der Waals surface area contributed by atoms with Crippen molar-refractivity contribution in [3.05, 3.63) is 35.6 Å². The average molecular weight is 296 g/mol. The Morgan fingerprint density at radius 2 is 1.71 bits per heavy atom. The summed E-state index contributed by atoms with van der Waals surface area (Å²) in [5.41, 5.74) is 0.692. The molecule has 1 atom stereocenters. The maximum absolute atomic E-state index is 12.7. The topological polar surface area (TPSA) is 78.4 Å². The second-order valence-corrected chi connectivity index (χ2v) is 5.30. The molecule has 0 spiro atoms. The minimum atomic E-state index is -0.792. The van der Waals surface area contributed by atoms with Crippen molar-refractivity contribution >= 4 is 11.8 Å². The van der Waals surface area contributed by atoms with Crippen molar-refractivity contribution in [3.8, 4) is 0 Å². The normalized spacial score (nSPS) is 12.0. The third kappa shape index (κ3) is 6.85. The van der Waals surface area contributed by atoms with Gasteiger partial charge in [-0.1, -0.05) is 26.0 Å². The van der Waals surface area contributed by atoms with Gasteiger partial charge in [0.05, 0.1) is 6.10 Å². The van der Waals surface area contributed by atoms with Crippen molar-refractivity contribution in [2.45, 2.75) is 32.9 Å². The molecule has 1 rings (SSSR count). The summed E-state index contributed by atoms with van der Waals surface area (Å²) in [6.45, 7) is 4.10. The lowest BCUT2D eigenvalue weighted by Gasteiger charge is -2.13. The van der Waals surface area contributed by atoms with Crippen LogP contribution in [-0.4, -0.2) is 29.6 Å². The van der Waals surface area contributed by atoms with E-state index in [1.165, 1.54) is 24.3 Å². The van der Waals surface area contributed by atoms with Crippen LogP contribution in [0.1, 0.15) is 25.8 Å². The maximum atomic E-state index is 12.7. The number of benzene rings is 1. The number of carbonyl (C=O) groups is 2. The third-order valence-electron chi connectivity index (χ3n) is 2.81. The minimum absolute atomic E-state index is 0.0426. The van der Waals surface area contributed by atoms with Crippen LogP contribution in [0, 0.1) is 11.7 Å². The number of rotatable bonds is 6. The number of aliphatic hydroxyl groups is 1. The molecule has 1 aromatic carbocycles. The number of amides is 2. The highest BCUT2D eigenvalue weighted by Gasteiger charge is 2.15. The van der Waals surface area contributed by atoms with Gasteiger partial charge in [-0.05, 0) is 30.0 Å².